The zero-order valence-electron chi connectivity index (χ0n) is 16.8. The minimum Gasteiger partial charge on any atom is -0.480 e. The summed E-state index contributed by atoms with van der Waals surface area (Å²) in [5, 5.41) is 8.97. The molecule has 6 heteroatoms. The van der Waals surface area contributed by atoms with Gasteiger partial charge in [-0.2, -0.15) is 0 Å². The van der Waals surface area contributed by atoms with Crippen LogP contribution in [0.5, 0.6) is 0 Å². The minimum absolute atomic E-state index is 0.119. The summed E-state index contributed by atoms with van der Waals surface area (Å²) in [6.45, 7) is 4.42. The van der Waals surface area contributed by atoms with Gasteiger partial charge in [0.2, 0.25) is 0 Å². The van der Waals surface area contributed by atoms with Crippen LogP contribution in [0.3, 0.4) is 0 Å². The van der Waals surface area contributed by atoms with E-state index in [1.165, 1.54) is 36.2 Å². The van der Waals surface area contributed by atoms with E-state index in [1.54, 1.807) is 7.11 Å². The second-order valence-electron chi connectivity index (χ2n) is 7.65. The van der Waals surface area contributed by atoms with Gasteiger partial charge in [0, 0.05) is 31.6 Å². The van der Waals surface area contributed by atoms with Gasteiger partial charge in [-0.05, 0) is 76.5 Å². The van der Waals surface area contributed by atoms with Gasteiger partial charge in [-0.1, -0.05) is 6.07 Å². The number of pyridine rings is 1. The fourth-order valence-electron chi connectivity index (χ4n) is 3.59. The average molecular weight is 378 g/mol. The summed E-state index contributed by atoms with van der Waals surface area (Å²) >= 11 is 0. The molecule has 152 valence electrons. The molecule has 0 radical (unpaired) electrons. The number of fused-ring (bicyclic) bond motifs is 1. The predicted octanol–water partition coefficient (Wildman–Crippen LogP) is 2.42. The van der Waals surface area contributed by atoms with Crippen LogP contribution in [-0.4, -0.2) is 59.8 Å². The zero-order valence-corrected chi connectivity index (χ0v) is 16.8. The van der Waals surface area contributed by atoms with E-state index in [4.69, 9.17) is 20.6 Å². The van der Waals surface area contributed by atoms with Gasteiger partial charge >= 0.3 is 5.97 Å². The lowest BCUT2D eigenvalue weighted by molar-refractivity contribution is -0.138. The third-order valence-corrected chi connectivity index (χ3v) is 5.38. The fraction of sp³-hybridized carbons (Fsp3) is 0.714. The molecule has 6 nitrogen and oxygen atoms in total. The van der Waals surface area contributed by atoms with Crippen molar-refractivity contribution >= 4 is 5.97 Å². The molecule has 1 aliphatic carbocycles. The maximum absolute atomic E-state index is 10.9. The number of hydrogen-bond acceptors (Lipinski definition) is 5. The third-order valence-electron chi connectivity index (χ3n) is 5.38. The highest BCUT2D eigenvalue weighted by atomic mass is 16.5. The number of hydrogen-bond donors (Lipinski definition) is 2. The second kappa shape index (κ2) is 11.4. The number of carboxylic acid groups (broad SMARTS) is 1. The molecule has 1 aromatic rings. The van der Waals surface area contributed by atoms with E-state index in [0.29, 0.717) is 13.0 Å². The maximum Gasteiger partial charge on any atom is 0.320 e. The van der Waals surface area contributed by atoms with Crippen LogP contribution in [0.4, 0.5) is 0 Å². The smallest absolute Gasteiger partial charge is 0.320 e. The predicted molar refractivity (Wildman–Crippen MR) is 107 cm³/mol. The molecule has 0 bridgehead atoms. The molecule has 1 aromatic heterocycles. The number of ether oxygens (including phenoxy) is 1. The summed E-state index contributed by atoms with van der Waals surface area (Å²) in [6.07, 6.45) is 8.54. The number of aromatic nitrogens is 1. The molecule has 27 heavy (non-hydrogen) atoms. The lowest BCUT2D eigenvalue weighted by atomic mass is 9.95. The van der Waals surface area contributed by atoms with Crippen LogP contribution in [0.2, 0.25) is 0 Å². The number of carbonyl (C=O) groups is 1. The number of unbranched alkanes of at least 4 members (excludes halogenated alkanes) is 1. The number of aryl methyl sites for hydroxylation is 3. The fourth-order valence-corrected chi connectivity index (χ4v) is 3.59. The summed E-state index contributed by atoms with van der Waals surface area (Å²) in [4.78, 5) is 18.1. The largest absolute Gasteiger partial charge is 0.480 e. The summed E-state index contributed by atoms with van der Waals surface area (Å²) < 4.78 is 5.36. The van der Waals surface area contributed by atoms with Crippen LogP contribution in [0.25, 0.3) is 0 Å². The molecular weight excluding hydrogens is 342 g/mol. The number of aliphatic carboxylic acids is 1. The van der Waals surface area contributed by atoms with E-state index in [2.05, 4.69) is 17.0 Å². The van der Waals surface area contributed by atoms with Crippen LogP contribution >= 0.6 is 0 Å². The topological polar surface area (TPSA) is 88.7 Å². The van der Waals surface area contributed by atoms with Crippen LogP contribution < -0.4 is 5.73 Å². The summed E-state index contributed by atoms with van der Waals surface area (Å²) in [7, 11) is 1.70. The van der Waals surface area contributed by atoms with Crippen LogP contribution in [0, 0.1) is 0 Å². The highest BCUT2D eigenvalue weighted by Crippen LogP contribution is 2.20. The number of methoxy groups -OCH3 is 1. The van der Waals surface area contributed by atoms with E-state index in [1.807, 2.05) is 6.92 Å². The lowest BCUT2D eigenvalue weighted by Gasteiger charge is -2.25. The van der Waals surface area contributed by atoms with Crippen molar-refractivity contribution in [3.8, 4) is 0 Å². The SMILES string of the molecule is CO[C@H](C)CN(CCCCc1ccc2c(n1)CCCC2)CC[C@H](N)C(=O)O. The quantitative estimate of drug-likeness (QED) is 0.544. The second-order valence-corrected chi connectivity index (χ2v) is 7.65. The first-order valence-corrected chi connectivity index (χ1v) is 10.2. The van der Waals surface area contributed by atoms with Crippen molar-refractivity contribution < 1.29 is 14.6 Å². The van der Waals surface area contributed by atoms with Gasteiger partial charge in [-0.15, -0.1) is 0 Å². The van der Waals surface area contributed by atoms with Crippen molar-refractivity contribution in [3.05, 3.63) is 29.1 Å². The van der Waals surface area contributed by atoms with Crippen molar-refractivity contribution in [2.24, 2.45) is 5.73 Å². The van der Waals surface area contributed by atoms with Gasteiger partial charge in [-0.3, -0.25) is 9.78 Å². The molecule has 2 atom stereocenters. The minimum atomic E-state index is -0.937. The molecule has 3 N–H and O–H groups in total. The Morgan fingerprint density at radius 2 is 2.07 bits per heavy atom. The molecule has 0 spiro atoms. The zero-order chi connectivity index (χ0) is 19.6. The van der Waals surface area contributed by atoms with Crippen molar-refractivity contribution in [2.75, 3.05) is 26.7 Å². The Kier molecular flexibility index (Phi) is 9.18. The Bertz CT molecular complexity index is 594. The summed E-state index contributed by atoms with van der Waals surface area (Å²) in [6, 6.07) is 3.64. The van der Waals surface area contributed by atoms with Crippen LogP contribution in [0.1, 0.15) is 56.0 Å². The third kappa shape index (κ3) is 7.56. The first-order valence-electron chi connectivity index (χ1n) is 10.2. The molecule has 0 aromatic carbocycles. The number of nitrogens with zero attached hydrogens (tertiary/aromatic N) is 2. The Morgan fingerprint density at radius 1 is 1.30 bits per heavy atom. The van der Waals surface area contributed by atoms with Crippen LogP contribution in [-0.2, 0) is 28.8 Å². The molecule has 0 unspecified atom stereocenters. The van der Waals surface area contributed by atoms with Gasteiger partial charge in [0.05, 0.1) is 6.10 Å². The Morgan fingerprint density at radius 3 is 2.81 bits per heavy atom. The van der Waals surface area contributed by atoms with Crippen molar-refractivity contribution in [2.45, 2.75) is 70.4 Å². The first-order chi connectivity index (χ1) is 13.0. The van der Waals surface area contributed by atoms with Crippen LogP contribution in [0.15, 0.2) is 12.1 Å². The van der Waals surface area contributed by atoms with Gasteiger partial charge in [0.15, 0.2) is 0 Å². The van der Waals surface area contributed by atoms with Crippen molar-refractivity contribution in [3.63, 3.8) is 0 Å². The van der Waals surface area contributed by atoms with E-state index < -0.39 is 12.0 Å². The highest BCUT2D eigenvalue weighted by molar-refractivity contribution is 5.72. The normalized spacial score (nSPS) is 16.1. The van der Waals surface area contributed by atoms with Gasteiger partial charge in [-0.25, -0.2) is 0 Å². The number of rotatable bonds is 12. The standard InChI is InChI=1S/C21H35N3O3/c1-16(27-2)15-24(14-12-19(22)21(25)26)13-6-5-8-18-11-10-17-7-3-4-9-20(17)23-18/h10-11,16,19H,3-9,12-15,22H2,1-2H3,(H,25,26)/t16-,19+/m1/s1. The monoisotopic (exact) mass is 377 g/mol. The highest BCUT2D eigenvalue weighted by Gasteiger charge is 2.16. The maximum atomic E-state index is 10.9. The van der Waals surface area contributed by atoms with E-state index in [-0.39, 0.29) is 6.10 Å². The van der Waals surface area contributed by atoms with E-state index in [9.17, 15) is 4.79 Å². The summed E-state index contributed by atoms with van der Waals surface area (Å²) in [5.74, 6) is -0.937. The molecular formula is C21H35N3O3. The molecule has 1 heterocycles. The average Bonchev–Trinajstić information content (AvgIpc) is 2.68. The van der Waals surface area contributed by atoms with E-state index >= 15 is 0 Å². The Hall–Kier alpha value is -1.50. The molecule has 1 aliphatic rings. The van der Waals surface area contributed by atoms with Gasteiger partial charge < -0.3 is 20.5 Å². The summed E-state index contributed by atoms with van der Waals surface area (Å²) in [5.41, 5.74) is 9.58. The molecule has 0 aliphatic heterocycles. The number of nitrogens with two attached hydrogens (primary N) is 1. The number of carboxylic acids is 1. The molecule has 0 fully saturated rings. The van der Waals surface area contributed by atoms with Crippen molar-refractivity contribution in [1.82, 2.24) is 9.88 Å². The lowest BCUT2D eigenvalue weighted by Crippen LogP contribution is -2.38. The molecule has 0 amide bonds. The van der Waals surface area contributed by atoms with E-state index in [0.717, 1.165) is 38.8 Å². The molecule has 0 saturated carbocycles. The first kappa shape index (κ1) is 21.8. The van der Waals surface area contributed by atoms with Gasteiger partial charge in [0.25, 0.3) is 0 Å². The van der Waals surface area contributed by atoms with Crippen molar-refractivity contribution in [1.29, 1.82) is 0 Å². The molecule has 0 saturated heterocycles. The Labute approximate surface area is 163 Å². The van der Waals surface area contributed by atoms with Gasteiger partial charge in [0.1, 0.15) is 6.04 Å². The Balaban J connectivity index is 1.77. The molecule has 2 rings (SSSR count).